The van der Waals surface area contributed by atoms with E-state index in [2.05, 4.69) is 172 Å². The summed E-state index contributed by atoms with van der Waals surface area (Å²) in [5.41, 5.74) is 5.37. The molecule has 0 aliphatic rings. The first kappa shape index (κ1) is 68.6. The average molecular weight is 1030 g/mol. The fourth-order valence-electron chi connectivity index (χ4n) is 6.85. The third-order valence-electron chi connectivity index (χ3n) is 10.9. The molecule has 0 aromatic carbocycles. The zero-order valence-electron chi connectivity index (χ0n) is 45.5. The number of unbranched alkanes of at least 4 members (excludes halogenated alkanes) is 11. The molecular formula is C63H100NO8P. The summed E-state index contributed by atoms with van der Waals surface area (Å²) in [6.07, 6.45) is 82.9. The van der Waals surface area contributed by atoms with E-state index < -0.39 is 32.5 Å². The molecule has 0 heterocycles. The molecule has 2 unspecified atom stereocenters. The van der Waals surface area contributed by atoms with E-state index in [-0.39, 0.29) is 32.6 Å². The predicted octanol–water partition coefficient (Wildman–Crippen LogP) is 17.7. The van der Waals surface area contributed by atoms with Crippen molar-refractivity contribution >= 4 is 19.8 Å². The molecule has 3 N–H and O–H groups in total. The summed E-state index contributed by atoms with van der Waals surface area (Å²) in [6.45, 7) is 3.44. The lowest BCUT2D eigenvalue weighted by Gasteiger charge is -2.19. The van der Waals surface area contributed by atoms with E-state index in [9.17, 15) is 19.0 Å². The molecule has 0 bridgehead atoms. The molecule has 0 rings (SSSR count). The molecule has 9 nitrogen and oxygen atoms in total. The van der Waals surface area contributed by atoms with Gasteiger partial charge >= 0.3 is 19.8 Å². The van der Waals surface area contributed by atoms with Crippen LogP contribution in [0.2, 0.25) is 0 Å². The standard InChI is InChI=1S/C63H100NO8P/c1-3-5-7-9-11-13-15-17-19-21-23-24-25-26-27-28-29-30-31-32-33-34-35-36-38-40-42-44-46-48-50-52-54-56-63(66)72-61(60-71-73(67,68)70-58-57-64)59-69-62(65)55-53-51-49-47-45-43-41-39-37-22-20-18-16-14-12-10-8-6-4-2/h5-8,11-14,17-20,23-24,26-27,29-30,32-33,35-37,39-40,42,61H,3-4,9-10,15-16,21-22,25,28,31,34,38,41,43-60,64H2,1-2H3,(H,67,68)/b7-5-,8-6-,13-11-,14-12-,19-17-,20-18-,24-23-,27-26-,30-29-,33-32-,36-35-,39-37-,42-40-. The van der Waals surface area contributed by atoms with Gasteiger partial charge in [-0.25, -0.2) is 4.57 Å². The largest absolute Gasteiger partial charge is 0.472 e. The van der Waals surface area contributed by atoms with Crippen LogP contribution in [-0.4, -0.2) is 49.3 Å². The lowest BCUT2D eigenvalue weighted by atomic mass is 10.1. The van der Waals surface area contributed by atoms with Crippen molar-refractivity contribution in [1.82, 2.24) is 0 Å². The number of ether oxygens (including phenoxy) is 2. The van der Waals surface area contributed by atoms with Crippen LogP contribution in [0.15, 0.2) is 158 Å². The van der Waals surface area contributed by atoms with E-state index >= 15 is 0 Å². The molecule has 0 fully saturated rings. The number of nitrogens with two attached hydrogens (primary N) is 1. The third kappa shape index (κ3) is 56.8. The maximum Gasteiger partial charge on any atom is 0.472 e. The van der Waals surface area contributed by atoms with Crippen molar-refractivity contribution in [2.75, 3.05) is 26.4 Å². The zero-order valence-corrected chi connectivity index (χ0v) is 46.4. The van der Waals surface area contributed by atoms with E-state index in [0.717, 1.165) is 154 Å². The molecular weight excluding hydrogens is 930 g/mol. The van der Waals surface area contributed by atoms with Gasteiger partial charge in [0.05, 0.1) is 13.2 Å². The van der Waals surface area contributed by atoms with Gasteiger partial charge in [0.25, 0.3) is 0 Å². The van der Waals surface area contributed by atoms with Crippen molar-refractivity contribution in [3.63, 3.8) is 0 Å². The number of allylic oxidation sites excluding steroid dienone is 26. The highest BCUT2D eigenvalue weighted by Gasteiger charge is 2.26. The lowest BCUT2D eigenvalue weighted by Crippen LogP contribution is -2.29. The highest BCUT2D eigenvalue weighted by molar-refractivity contribution is 7.47. The SMILES string of the molecule is CC/C=C\C/C=C\C/C=C\C/C=C\C/C=C\C/C=C\C/C=C\C/C=C\C/C=C\CCCCCCCC(=O)OC(COC(=O)CCCCCCCC/C=C\C/C=C\C/C=C\C/C=C\CC)COP(=O)(O)OCCN. The van der Waals surface area contributed by atoms with Crippen molar-refractivity contribution in [2.24, 2.45) is 5.73 Å². The van der Waals surface area contributed by atoms with Crippen LogP contribution in [0.5, 0.6) is 0 Å². The summed E-state index contributed by atoms with van der Waals surface area (Å²) < 4.78 is 33.0. The lowest BCUT2D eigenvalue weighted by molar-refractivity contribution is -0.161. The normalized spacial score (nSPS) is 14.3. The van der Waals surface area contributed by atoms with E-state index in [1.54, 1.807) is 0 Å². The van der Waals surface area contributed by atoms with E-state index in [4.69, 9.17) is 24.3 Å². The maximum atomic E-state index is 12.7. The second-order valence-corrected chi connectivity index (χ2v) is 19.1. The molecule has 410 valence electrons. The van der Waals surface area contributed by atoms with Gasteiger partial charge in [0, 0.05) is 19.4 Å². The van der Waals surface area contributed by atoms with Gasteiger partial charge in [-0.05, 0) is 122 Å². The minimum atomic E-state index is -4.41. The molecule has 0 radical (unpaired) electrons. The van der Waals surface area contributed by atoms with Crippen LogP contribution in [0.1, 0.15) is 194 Å². The van der Waals surface area contributed by atoms with Gasteiger partial charge < -0.3 is 20.1 Å². The Morgan fingerprint density at radius 3 is 1.05 bits per heavy atom. The van der Waals surface area contributed by atoms with Crippen LogP contribution >= 0.6 is 7.82 Å². The van der Waals surface area contributed by atoms with Crippen LogP contribution in [-0.2, 0) is 32.7 Å². The quantitative estimate of drug-likeness (QED) is 0.0264. The van der Waals surface area contributed by atoms with Gasteiger partial charge in [0.15, 0.2) is 6.10 Å². The van der Waals surface area contributed by atoms with Gasteiger partial charge in [-0.1, -0.05) is 217 Å². The molecule has 73 heavy (non-hydrogen) atoms. The number of hydrogen-bond donors (Lipinski definition) is 2. The summed E-state index contributed by atoms with van der Waals surface area (Å²) in [4.78, 5) is 35.1. The summed E-state index contributed by atoms with van der Waals surface area (Å²) in [5.74, 6) is -0.881. The van der Waals surface area contributed by atoms with Crippen LogP contribution in [0.4, 0.5) is 0 Å². The first-order valence-electron chi connectivity index (χ1n) is 28.0. The molecule has 0 aliphatic heterocycles. The van der Waals surface area contributed by atoms with Crippen molar-refractivity contribution < 1.29 is 37.6 Å². The Morgan fingerprint density at radius 1 is 0.411 bits per heavy atom. The van der Waals surface area contributed by atoms with Gasteiger partial charge in [-0.3, -0.25) is 18.6 Å². The van der Waals surface area contributed by atoms with E-state index in [1.807, 2.05) is 0 Å². The zero-order chi connectivity index (χ0) is 53.1. The Hall–Kier alpha value is -4.37. The van der Waals surface area contributed by atoms with Crippen LogP contribution < -0.4 is 5.73 Å². The van der Waals surface area contributed by atoms with Gasteiger partial charge in [-0.2, -0.15) is 0 Å². The van der Waals surface area contributed by atoms with Gasteiger partial charge in [0.1, 0.15) is 6.61 Å². The van der Waals surface area contributed by atoms with Crippen LogP contribution in [0, 0.1) is 0 Å². The average Bonchev–Trinajstić information content (AvgIpc) is 3.38. The first-order valence-corrected chi connectivity index (χ1v) is 29.5. The topological polar surface area (TPSA) is 134 Å². The Morgan fingerprint density at radius 2 is 0.712 bits per heavy atom. The highest BCUT2D eigenvalue weighted by atomic mass is 31.2. The molecule has 0 saturated heterocycles. The monoisotopic (exact) mass is 1030 g/mol. The molecule has 0 aromatic rings. The molecule has 0 aromatic heterocycles. The van der Waals surface area contributed by atoms with E-state index in [0.29, 0.717) is 12.8 Å². The van der Waals surface area contributed by atoms with Gasteiger partial charge in [-0.15, -0.1) is 0 Å². The number of esters is 2. The molecule has 0 spiro atoms. The number of phosphoric ester groups is 1. The highest BCUT2D eigenvalue weighted by Crippen LogP contribution is 2.43. The Labute approximate surface area is 445 Å². The van der Waals surface area contributed by atoms with Crippen LogP contribution in [0.3, 0.4) is 0 Å². The summed E-state index contributed by atoms with van der Waals surface area (Å²) >= 11 is 0. The summed E-state index contributed by atoms with van der Waals surface area (Å²) in [7, 11) is -4.41. The van der Waals surface area contributed by atoms with Crippen LogP contribution in [0.25, 0.3) is 0 Å². The van der Waals surface area contributed by atoms with Crippen molar-refractivity contribution in [1.29, 1.82) is 0 Å². The minimum Gasteiger partial charge on any atom is -0.462 e. The van der Waals surface area contributed by atoms with Gasteiger partial charge in [0.2, 0.25) is 0 Å². The molecule has 2 atom stereocenters. The Kier molecular flexibility index (Phi) is 53.5. The maximum absolute atomic E-state index is 12.7. The van der Waals surface area contributed by atoms with E-state index in [1.165, 1.54) is 0 Å². The second kappa shape index (κ2) is 56.9. The minimum absolute atomic E-state index is 0.0383. The first-order chi connectivity index (χ1) is 35.8. The molecule has 10 heteroatoms. The molecule has 0 aliphatic carbocycles. The number of carbonyl (C=O) groups excluding carboxylic acids is 2. The number of phosphoric acid groups is 1. The third-order valence-corrected chi connectivity index (χ3v) is 11.9. The van der Waals surface area contributed by atoms with Crippen molar-refractivity contribution in [3.05, 3.63) is 158 Å². The number of rotatable bonds is 50. The van der Waals surface area contributed by atoms with Crippen molar-refractivity contribution in [3.8, 4) is 0 Å². The second-order valence-electron chi connectivity index (χ2n) is 17.7. The van der Waals surface area contributed by atoms with Crippen molar-refractivity contribution in [2.45, 2.75) is 200 Å². The summed E-state index contributed by atoms with van der Waals surface area (Å²) in [5, 5.41) is 0. The fourth-order valence-corrected chi connectivity index (χ4v) is 7.62. The number of hydrogen-bond acceptors (Lipinski definition) is 8. The number of carbonyl (C=O) groups is 2. The smallest absolute Gasteiger partial charge is 0.462 e. The predicted molar refractivity (Wildman–Crippen MR) is 311 cm³/mol. The molecule has 0 saturated carbocycles. The fraction of sp³-hybridized carbons (Fsp3) is 0.556. The summed E-state index contributed by atoms with van der Waals surface area (Å²) in [6, 6.07) is 0. The Balaban J connectivity index is 4.13. The molecule has 0 amide bonds. The Bertz CT molecular complexity index is 1740.